The molecule has 1 amide bonds. The van der Waals surface area contributed by atoms with Gasteiger partial charge in [-0.25, -0.2) is 9.52 Å². The molecule has 4 N–H and O–H groups in total. The third-order valence-corrected chi connectivity index (χ3v) is 3.19. The quantitative estimate of drug-likeness (QED) is 0.723. The topological polar surface area (TPSA) is 111 Å². The number of carbonyl (C=O) groups is 1. The van der Waals surface area contributed by atoms with Crippen LogP contribution in [0.5, 0.6) is 0 Å². The fraction of sp³-hybridized carbons (Fsp3) is 0.364. The average Bonchev–Trinajstić information content (AvgIpc) is 2.23. The number of rotatable bonds is 4. The lowest BCUT2D eigenvalue weighted by molar-refractivity contribution is 0.159. The van der Waals surface area contributed by atoms with Crippen LogP contribution >= 0.6 is 0 Å². The van der Waals surface area contributed by atoms with Crippen LogP contribution in [0, 0.1) is 13.8 Å². The summed E-state index contributed by atoms with van der Waals surface area (Å²) in [5.41, 5.74) is 7.88. The van der Waals surface area contributed by atoms with E-state index in [1.165, 1.54) is 0 Å². The van der Waals surface area contributed by atoms with E-state index in [9.17, 15) is 13.2 Å². The minimum atomic E-state index is -4.03. The minimum Gasteiger partial charge on any atom is -0.449 e. The first kappa shape index (κ1) is 15.1. The third-order valence-electron chi connectivity index (χ3n) is 2.28. The second-order valence-electron chi connectivity index (χ2n) is 3.96. The first-order valence-electron chi connectivity index (χ1n) is 5.59. The van der Waals surface area contributed by atoms with E-state index in [4.69, 9.17) is 5.73 Å². The zero-order valence-corrected chi connectivity index (χ0v) is 11.8. The standard InChI is InChI=1S/C11H17N3O4S/c1-4-18-11(15)14-19(16,17)13-10-7(2)5-9(12)6-8(10)3/h5-6,13H,4,12H2,1-3H3,(H,14,15). The molecule has 0 heterocycles. The monoisotopic (exact) mass is 287 g/mol. The number of nitrogens with one attached hydrogen (secondary N) is 2. The second-order valence-corrected chi connectivity index (χ2v) is 5.37. The molecule has 0 aromatic heterocycles. The van der Waals surface area contributed by atoms with E-state index in [1.807, 2.05) is 0 Å². The van der Waals surface area contributed by atoms with Gasteiger partial charge in [0, 0.05) is 5.69 Å². The Morgan fingerprint density at radius 3 is 2.32 bits per heavy atom. The molecule has 0 bridgehead atoms. The molecule has 0 saturated heterocycles. The van der Waals surface area contributed by atoms with Crippen molar-refractivity contribution < 1.29 is 17.9 Å². The molecule has 0 radical (unpaired) electrons. The van der Waals surface area contributed by atoms with Gasteiger partial charge in [-0.2, -0.15) is 8.42 Å². The molecule has 106 valence electrons. The molecular weight excluding hydrogens is 270 g/mol. The highest BCUT2D eigenvalue weighted by atomic mass is 32.2. The Hall–Kier alpha value is -1.96. The van der Waals surface area contributed by atoms with Crippen LogP contribution in [0.25, 0.3) is 0 Å². The van der Waals surface area contributed by atoms with Crippen molar-refractivity contribution in [2.45, 2.75) is 20.8 Å². The third kappa shape index (κ3) is 4.32. The molecule has 0 atom stereocenters. The Bertz CT molecular complexity index is 561. The van der Waals surface area contributed by atoms with Gasteiger partial charge in [-0.05, 0) is 44.0 Å². The van der Waals surface area contributed by atoms with Crippen LogP contribution in [0.3, 0.4) is 0 Å². The van der Waals surface area contributed by atoms with Crippen molar-refractivity contribution in [3.05, 3.63) is 23.3 Å². The number of nitrogens with two attached hydrogens (primary N) is 1. The fourth-order valence-corrected chi connectivity index (χ4v) is 2.51. The van der Waals surface area contributed by atoms with E-state index in [0.29, 0.717) is 22.5 Å². The Morgan fingerprint density at radius 2 is 1.84 bits per heavy atom. The molecule has 0 aliphatic carbocycles. The average molecular weight is 287 g/mol. The van der Waals surface area contributed by atoms with Crippen molar-refractivity contribution in [3.8, 4) is 0 Å². The van der Waals surface area contributed by atoms with E-state index >= 15 is 0 Å². The van der Waals surface area contributed by atoms with Gasteiger partial charge in [0.25, 0.3) is 0 Å². The highest BCUT2D eigenvalue weighted by Gasteiger charge is 2.17. The summed E-state index contributed by atoms with van der Waals surface area (Å²) in [5, 5.41) is 0. The first-order valence-corrected chi connectivity index (χ1v) is 7.07. The fourth-order valence-electron chi connectivity index (χ4n) is 1.59. The van der Waals surface area contributed by atoms with Gasteiger partial charge in [-0.3, -0.25) is 4.72 Å². The summed E-state index contributed by atoms with van der Waals surface area (Å²) in [6, 6.07) is 3.27. The Morgan fingerprint density at radius 1 is 1.32 bits per heavy atom. The lowest BCUT2D eigenvalue weighted by Gasteiger charge is -2.14. The van der Waals surface area contributed by atoms with Gasteiger partial charge in [0.05, 0.1) is 12.3 Å². The van der Waals surface area contributed by atoms with Gasteiger partial charge in [0.15, 0.2) is 0 Å². The maximum atomic E-state index is 11.7. The first-order chi connectivity index (χ1) is 8.75. The predicted octanol–water partition coefficient (Wildman–Crippen LogP) is 1.29. The van der Waals surface area contributed by atoms with Crippen LogP contribution in [-0.4, -0.2) is 21.1 Å². The predicted molar refractivity (Wildman–Crippen MR) is 73.0 cm³/mol. The lowest BCUT2D eigenvalue weighted by atomic mass is 10.1. The zero-order chi connectivity index (χ0) is 14.6. The molecule has 1 aromatic carbocycles. The Balaban J connectivity index is 2.93. The summed E-state index contributed by atoms with van der Waals surface area (Å²) in [6.45, 7) is 5.09. The number of aryl methyl sites for hydroxylation is 2. The van der Waals surface area contributed by atoms with E-state index in [1.54, 1.807) is 37.6 Å². The van der Waals surface area contributed by atoms with E-state index in [-0.39, 0.29) is 6.61 Å². The molecule has 7 nitrogen and oxygen atoms in total. The number of hydrogen-bond donors (Lipinski definition) is 3. The van der Waals surface area contributed by atoms with Crippen molar-refractivity contribution >= 4 is 27.7 Å². The highest BCUT2D eigenvalue weighted by molar-refractivity contribution is 7.91. The van der Waals surface area contributed by atoms with Crippen LogP contribution in [0.4, 0.5) is 16.2 Å². The SMILES string of the molecule is CCOC(=O)NS(=O)(=O)Nc1c(C)cc(N)cc1C. The summed E-state index contributed by atoms with van der Waals surface area (Å²) >= 11 is 0. The molecule has 0 unspecified atom stereocenters. The molecule has 0 saturated carbocycles. The zero-order valence-electron chi connectivity index (χ0n) is 11.0. The molecule has 19 heavy (non-hydrogen) atoms. The second kappa shape index (κ2) is 5.79. The highest BCUT2D eigenvalue weighted by Crippen LogP contribution is 2.23. The molecule has 8 heteroatoms. The summed E-state index contributed by atoms with van der Waals surface area (Å²) in [6.07, 6.45) is -1.03. The number of benzene rings is 1. The van der Waals surface area contributed by atoms with Crippen LogP contribution in [-0.2, 0) is 14.9 Å². The van der Waals surface area contributed by atoms with Gasteiger partial charge < -0.3 is 10.5 Å². The van der Waals surface area contributed by atoms with Crippen LogP contribution < -0.4 is 15.2 Å². The molecule has 0 fully saturated rings. The number of amides is 1. The van der Waals surface area contributed by atoms with Crippen molar-refractivity contribution in [1.82, 2.24) is 4.72 Å². The summed E-state index contributed by atoms with van der Waals surface area (Å²) in [5.74, 6) is 0. The van der Waals surface area contributed by atoms with E-state index in [0.717, 1.165) is 0 Å². The molecule has 0 spiro atoms. The normalized spacial score (nSPS) is 10.9. The summed E-state index contributed by atoms with van der Waals surface area (Å²) in [4.78, 5) is 11.1. The van der Waals surface area contributed by atoms with Crippen molar-refractivity contribution in [3.63, 3.8) is 0 Å². The number of hydrogen-bond acceptors (Lipinski definition) is 5. The smallest absolute Gasteiger partial charge is 0.422 e. The van der Waals surface area contributed by atoms with Crippen molar-refractivity contribution in [2.24, 2.45) is 0 Å². The number of carbonyl (C=O) groups excluding carboxylic acids is 1. The molecular formula is C11H17N3O4S. The van der Waals surface area contributed by atoms with Crippen molar-refractivity contribution in [1.29, 1.82) is 0 Å². The largest absolute Gasteiger partial charge is 0.449 e. The Kier molecular flexibility index (Phi) is 4.60. The maximum Gasteiger partial charge on any atom is 0.422 e. The summed E-state index contributed by atoms with van der Waals surface area (Å²) in [7, 11) is -4.03. The van der Waals surface area contributed by atoms with E-state index < -0.39 is 16.3 Å². The van der Waals surface area contributed by atoms with Crippen LogP contribution in [0.1, 0.15) is 18.1 Å². The van der Waals surface area contributed by atoms with E-state index in [2.05, 4.69) is 9.46 Å². The van der Waals surface area contributed by atoms with Gasteiger partial charge in [0.1, 0.15) is 0 Å². The number of nitrogen functional groups attached to an aromatic ring is 1. The molecule has 1 aromatic rings. The van der Waals surface area contributed by atoms with Gasteiger partial charge >= 0.3 is 16.3 Å². The number of ether oxygens (including phenoxy) is 1. The number of anilines is 2. The van der Waals surface area contributed by atoms with Crippen molar-refractivity contribution in [2.75, 3.05) is 17.1 Å². The molecule has 0 aliphatic heterocycles. The van der Waals surface area contributed by atoms with Crippen LogP contribution in [0.15, 0.2) is 12.1 Å². The lowest BCUT2D eigenvalue weighted by Crippen LogP contribution is -2.36. The van der Waals surface area contributed by atoms with Gasteiger partial charge in [-0.15, -0.1) is 0 Å². The Labute approximate surface area is 112 Å². The molecule has 1 rings (SSSR count). The minimum absolute atomic E-state index is 0.0846. The van der Waals surface area contributed by atoms with Crippen LogP contribution in [0.2, 0.25) is 0 Å². The van der Waals surface area contributed by atoms with Gasteiger partial charge in [-0.1, -0.05) is 0 Å². The summed E-state index contributed by atoms with van der Waals surface area (Å²) < 4.78 is 32.0. The maximum absolute atomic E-state index is 11.7. The molecule has 0 aliphatic rings. The van der Waals surface area contributed by atoms with Gasteiger partial charge in [0.2, 0.25) is 0 Å².